The Kier molecular flexibility index (Phi) is 3.64. The normalized spacial score (nSPS) is 18.6. The molecule has 3 heteroatoms. The monoisotopic (exact) mass is 237 g/mol. The van der Waals surface area contributed by atoms with Crippen molar-refractivity contribution in [1.82, 2.24) is 5.32 Å². The zero-order chi connectivity index (χ0) is 11.4. The SMILES string of the molecule is CCC(=O)NCC1(c2ccsc2)CCCC1. The van der Waals surface area contributed by atoms with Gasteiger partial charge in [-0.3, -0.25) is 4.79 Å². The molecule has 1 aromatic rings. The predicted molar refractivity (Wildman–Crippen MR) is 67.8 cm³/mol. The predicted octanol–water partition coefficient (Wildman–Crippen LogP) is 3.09. The summed E-state index contributed by atoms with van der Waals surface area (Å²) in [6, 6.07) is 2.22. The standard InChI is InChI=1S/C13H19NOS/c1-2-12(15)14-10-13(6-3-4-7-13)11-5-8-16-9-11/h5,8-9H,2-4,6-7,10H2,1H3,(H,14,15). The summed E-state index contributed by atoms with van der Waals surface area (Å²) in [6.07, 6.45) is 5.59. The van der Waals surface area contributed by atoms with Crippen LogP contribution in [-0.4, -0.2) is 12.5 Å². The van der Waals surface area contributed by atoms with Gasteiger partial charge in [0.15, 0.2) is 0 Å². The summed E-state index contributed by atoms with van der Waals surface area (Å²) in [5.74, 6) is 0.168. The highest BCUT2D eigenvalue weighted by Crippen LogP contribution is 2.41. The Labute approximate surface area is 101 Å². The highest BCUT2D eigenvalue weighted by atomic mass is 32.1. The second kappa shape index (κ2) is 5.00. The molecule has 1 heterocycles. The Morgan fingerprint density at radius 1 is 1.50 bits per heavy atom. The van der Waals surface area contributed by atoms with Crippen LogP contribution < -0.4 is 5.32 Å². The van der Waals surface area contributed by atoms with Crippen LogP contribution in [0.3, 0.4) is 0 Å². The van der Waals surface area contributed by atoms with Crippen molar-refractivity contribution < 1.29 is 4.79 Å². The lowest BCUT2D eigenvalue weighted by molar-refractivity contribution is -0.121. The largest absolute Gasteiger partial charge is 0.355 e. The number of nitrogens with one attached hydrogen (secondary N) is 1. The number of amides is 1. The van der Waals surface area contributed by atoms with Crippen LogP contribution in [0.2, 0.25) is 0 Å². The van der Waals surface area contributed by atoms with Crippen LogP contribution in [0.15, 0.2) is 16.8 Å². The second-order valence-electron chi connectivity index (χ2n) is 4.63. The van der Waals surface area contributed by atoms with Gasteiger partial charge < -0.3 is 5.32 Å². The molecule has 1 aromatic heterocycles. The van der Waals surface area contributed by atoms with Crippen LogP contribution >= 0.6 is 11.3 Å². The van der Waals surface area contributed by atoms with Crippen molar-refractivity contribution in [2.24, 2.45) is 0 Å². The van der Waals surface area contributed by atoms with Crippen LogP contribution in [0.5, 0.6) is 0 Å². The number of hydrogen-bond acceptors (Lipinski definition) is 2. The molecule has 0 atom stereocenters. The Balaban J connectivity index is 2.08. The maximum atomic E-state index is 11.4. The van der Waals surface area contributed by atoms with E-state index in [4.69, 9.17) is 0 Å². The van der Waals surface area contributed by atoms with Gasteiger partial charge in [0, 0.05) is 18.4 Å². The molecule has 0 radical (unpaired) electrons. The molecule has 0 saturated heterocycles. The third kappa shape index (κ3) is 2.29. The van der Waals surface area contributed by atoms with Crippen LogP contribution in [0.1, 0.15) is 44.6 Å². The molecule has 0 aliphatic heterocycles. The fraction of sp³-hybridized carbons (Fsp3) is 0.615. The zero-order valence-corrected chi connectivity index (χ0v) is 10.6. The molecule has 0 unspecified atom stereocenters. The topological polar surface area (TPSA) is 29.1 Å². The van der Waals surface area contributed by atoms with E-state index in [0.29, 0.717) is 6.42 Å². The van der Waals surface area contributed by atoms with E-state index >= 15 is 0 Å². The summed E-state index contributed by atoms with van der Waals surface area (Å²) < 4.78 is 0. The third-order valence-electron chi connectivity index (χ3n) is 3.64. The Bertz CT molecular complexity index is 339. The lowest BCUT2D eigenvalue weighted by Crippen LogP contribution is -2.38. The number of carbonyl (C=O) groups excluding carboxylic acids is 1. The quantitative estimate of drug-likeness (QED) is 0.856. The zero-order valence-electron chi connectivity index (χ0n) is 9.79. The van der Waals surface area contributed by atoms with E-state index in [0.717, 1.165) is 6.54 Å². The fourth-order valence-corrected chi connectivity index (χ4v) is 3.36. The number of thiophene rings is 1. The molecule has 0 aromatic carbocycles. The summed E-state index contributed by atoms with van der Waals surface area (Å²) in [6.45, 7) is 2.72. The lowest BCUT2D eigenvalue weighted by Gasteiger charge is -2.28. The fourth-order valence-electron chi connectivity index (χ4n) is 2.58. The van der Waals surface area contributed by atoms with Crippen molar-refractivity contribution in [2.75, 3.05) is 6.54 Å². The molecule has 1 fully saturated rings. The molecule has 16 heavy (non-hydrogen) atoms. The van der Waals surface area contributed by atoms with Crippen LogP contribution in [0.25, 0.3) is 0 Å². The van der Waals surface area contributed by atoms with E-state index in [1.807, 2.05) is 6.92 Å². The van der Waals surface area contributed by atoms with E-state index < -0.39 is 0 Å². The molecule has 1 amide bonds. The Morgan fingerprint density at radius 3 is 2.81 bits per heavy atom. The van der Waals surface area contributed by atoms with E-state index in [1.165, 1.54) is 31.2 Å². The van der Waals surface area contributed by atoms with Crippen molar-refractivity contribution in [2.45, 2.75) is 44.4 Å². The van der Waals surface area contributed by atoms with Crippen molar-refractivity contribution in [3.8, 4) is 0 Å². The van der Waals surface area contributed by atoms with Gasteiger partial charge in [0.25, 0.3) is 0 Å². The molecular weight excluding hydrogens is 218 g/mol. The number of hydrogen-bond donors (Lipinski definition) is 1. The lowest BCUT2D eigenvalue weighted by atomic mass is 9.80. The molecule has 1 aliphatic carbocycles. The maximum Gasteiger partial charge on any atom is 0.219 e. The van der Waals surface area contributed by atoms with Gasteiger partial charge in [-0.1, -0.05) is 19.8 Å². The van der Waals surface area contributed by atoms with E-state index in [2.05, 4.69) is 22.1 Å². The molecule has 0 bridgehead atoms. The summed E-state index contributed by atoms with van der Waals surface area (Å²) in [4.78, 5) is 11.4. The molecule has 2 rings (SSSR count). The van der Waals surface area contributed by atoms with Gasteiger partial charge in [-0.25, -0.2) is 0 Å². The van der Waals surface area contributed by atoms with Crippen molar-refractivity contribution in [3.63, 3.8) is 0 Å². The number of rotatable bonds is 4. The van der Waals surface area contributed by atoms with Gasteiger partial charge in [0.1, 0.15) is 0 Å². The van der Waals surface area contributed by atoms with Crippen LogP contribution in [0, 0.1) is 0 Å². The maximum absolute atomic E-state index is 11.4. The van der Waals surface area contributed by atoms with Crippen molar-refractivity contribution in [1.29, 1.82) is 0 Å². The van der Waals surface area contributed by atoms with E-state index in [1.54, 1.807) is 11.3 Å². The minimum atomic E-state index is 0.168. The third-order valence-corrected chi connectivity index (χ3v) is 4.32. The van der Waals surface area contributed by atoms with E-state index in [9.17, 15) is 4.79 Å². The summed E-state index contributed by atoms with van der Waals surface area (Å²) in [7, 11) is 0. The summed E-state index contributed by atoms with van der Waals surface area (Å²) in [5, 5.41) is 7.44. The minimum Gasteiger partial charge on any atom is -0.355 e. The van der Waals surface area contributed by atoms with Crippen molar-refractivity contribution in [3.05, 3.63) is 22.4 Å². The first-order valence-electron chi connectivity index (χ1n) is 6.06. The summed E-state index contributed by atoms with van der Waals surface area (Å²) in [5.41, 5.74) is 1.65. The van der Waals surface area contributed by atoms with Gasteiger partial charge in [0.2, 0.25) is 5.91 Å². The minimum absolute atomic E-state index is 0.168. The highest BCUT2D eigenvalue weighted by molar-refractivity contribution is 7.08. The molecule has 0 spiro atoms. The average Bonchev–Trinajstić information content (AvgIpc) is 2.96. The molecule has 1 aliphatic rings. The first-order valence-corrected chi connectivity index (χ1v) is 7.00. The molecule has 2 nitrogen and oxygen atoms in total. The Morgan fingerprint density at radius 2 is 2.25 bits per heavy atom. The first-order chi connectivity index (χ1) is 7.77. The highest BCUT2D eigenvalue weighted by Gasteiger charge is 2.35. The number of carbonyl (C=O) groups is 1. The summed E-state index contributed by atoms with van der Waals surface area (Å²) >= 11 is 1.75. The van der Waals surface area contributed by atoms with Gasteiger partial charge in [-0.2, -0.15) is 11.3 Å². The van der Waals surface area contributed by atoms with Gasteiger partial charge in [-0.15, -0.1) is 0 Å². The van der Waals surface area contributed by atoms with Crippen LogP contribution in [-0.2, 0) is 10.2 Å². The van der Waals surface area contributed by atoms with Crippen LogP contribution in [0.4, 0.5) is 0 Å². The van der Waals surface area contributed by atoms with E-state index in [-0.39, 0.29) is 11.3 Å². The molecule has 1 N–H and O–H groups in total. The van der Waals surface area contributed by atoms with Gasteiger partial charge in [-0.05, 0) is 35.2 Å². The Hall–Kier alpha value is -0.830. The molecular formula is C13H19NOS. The van der Waals surface area contributed by atoms with Crippen molar-refractivity contribution >= 4 is 17.2 Å². The van der Waals surface area contributed by atoms with Gasteiger partial charge in [0.05, 0.1) is 0 Å². The second-order valence-corrected chi connectivity index (χ2v) is 5.41. The average molecular weight is 237 g/mol. The van der Waals surface area contributed by atoms with Gasteiger partial charge >= 0.3 is 0 Å². The molecule has 1 saturated carbocycles. The molecule has 88 valence electrons. The first kappa shape index (κ1) is 11.6. The smallest absolute Gasteiger partial charge is 0.219 e.